The van der Waals surface area contributed by atoms with Gasteiger partial charge in [-0.25, -0.2) is 0 Å². The van der Waals surface area contributed by atoms with E-state index in [1.54, 1.807) is 17.2 Å². The molecule has 5 heteroatoms. The minimum atomic E-state index is -0.819. The van der Waals surface area contributed by atoms with Crippen molar-refractivity contribution in [3.63, 3.8) is 0 Å². The Balaban J connectivity index is 2.97. The lowest BCUT2D eigenvalue weighted by atomic mass is 10.2. The molecule has 0 fully saturated rings. The molecule has 4 nitrogen and oxygen atoms in total. The van der Waals surface area contributed by atoms with Crippen molar-refractivity contribution < 1.29 is 9.31 Å². The van der Waals surface area contributed by atoms with Crippen molar-refractivity contribution in [1.82, 2.24) is 4.90 Å². The molecule has 15 heavy (non-hydrogen) atoms. The molecule has 0 saturated heterocycles. The molecule has 0 N–H and O–H groups in total. The summed E-state index contributed by atoms with van der Waals surface area (Å²) in [6, 6.07) is 3.80. The summed E-state index contributed by atoms with van der Waals surface area (Å²) in [6.45, 7) is 0. The molecule has 0 spiro atoms. The van der Waals surface area contributed by atoms with Crippen molar-refractivity contribution in [3.05, 3.63) is 45.9 Å². The minimum absolute atomic E-state index is 0.503. The van der Waals surface area contributed by atoms with Gasteiger partial charge in [0.05, 0.1) is 4.92 Å². The van der Waals surface area contributed by atoms with Crippen LogP contribution in [0.5, 0.6) is 0 Å². The summed E-state index contributed by atoms with van der Waals surface area (Å²) in [5.74, 6) is -0.819. The third-order valence-corrected chi connectivity index (χ3v) is 1.73. The largest absolute Gasteiger partial charge is 0.383 e. The maximum absolute atomic E-state index is 13.1. The third kappa shape index (κ3) is 3.05. The van der Waals surface area contributed by atoms with Crippen LogP contribution in [0.1, 0.15) is 5.56 Å². The van der Waals surface area contributed by atoms with E-state index in [-0.39, 0.29) is 0 Å². The first kappa shape index (κ1) is 11.2. The maximum Gasteiger partial charge on any atom is 0.304 e. The Morgan fingerprint density at radius 2 is 2.13 bits per heavy atom. The molecule has 0 radical (unpaired) electrons. The average Bonchev–Trinajstić information content (AvgIpc) is 2.14. The zero-order valence-corrected chi connectivity index (χ0v) is 8.48. The van der Waals surface area contributed by atoms with E-state index < -0.39 is 16.4 Å². The van der Waals surface area contributed by atoms with Crippen LogP contribution in [0.2, 0.25) is 0 Å². The van der Waals surface area contributed by atoms with Gasteiger partial charge in [0.15, 0.2) is 0 Å². The Bertz CT molecular complexity index is 402. The highest BCUT2D eigenvalue weighted by Gasteiger charge is 2.12. The van der Waals surface area contributed by atoms with Crippen molar-refractivity contribution >= 4 is 11.8 Å². The SMILES string of the molecule is CN(C)/C=C/c1ccc([N+](=O)[O-])c(F)c1. The van der Waals surface area contributed by atoms with Crippen LogP contribution < -0.4 is 0 Å². The molecule has 80 valence electrons. The highest BCUT2D eigenvalue weighted by molar-refractivity contribution is 5.52. The van der Waals surface area contributed by atoms with E-state index in [1.807, 2.05) is 14.1 Å². The minimum Gasteiger partial charge on any atom is -0.383 e. The molecule has 1 aromatic carbocycles. The number of benzene rings is 1. The third-order valence-electron chi connectivity index (χ3n) is 1.73. The monoisotopic (exact) mass is 210 g/mol. The molecule has 0 saturated carbocycles. The van der Waals surface area contributed by atoms with E-state index in [4.69, 9.17) is 0 Å². The van der Waals surface area contributed by atoms with Gasteiger partial charge < -0.3 is 4.90 Å². The second-order valence-electron chi connectivity index (χ2n) is 3.25. The molecule has 0 aliphatic carbocycles. The second kappa shape index (κ2) is 4.54. The Hall–Kier alpha value is -1.91. The zero-order valence-electron chi connectivity index (χ0n) is 8.48. The van der Waals surface area contributed by atoms with Crippen LogP contribution in [0.15, 0.2) is 24.4 Å². The van der Waals surface area contributed by atoms with Gasteiger partial charge in [0, 0.05) is 20.2 Å². The van der Waals surface area contributed by atoms with Crippen LogP contribution in [0, 0.1) is 15.9 Å². The molecule has 0 heterocycles. The first-order chi connectivity index (χ1) is 7.00. The smallest absolute Gasteiger partial charge is 0.304 e. The lowest BCUT2D eigenvalue weighted by molar-refractivity contribution is -0.387. The van der Waals surface area contributed by atoms with E-state index in [1.165, 1.54) is 6.07 Å². The number of hydrogen-bond acceptors (Lipinski definition) is 3. The van der Waals surface area contributed by atoms with E-state index in [0.717, 1.165) is 12.1 Å². The molecule has 0 aliphatic heterocycles. The summed E-state index contributed by atoms with van der Waals surface area (Å²) in [7, 11) is 3.66. The van der Waals surface area contributed by atoms with Crippen LogP contribution in [0.25, 0.3) is 6.08 Å². The van der Waals surface area contributed by atoms with Gasteiger partial charge in [-0.1, -0.05) is 0 Å². The Kier molecular flexibility index (Phi) is 3.38. The topological polar surface area (TPSA) is 46.4 Å². The highest BCUT2D eigenvalue weighted by atomic mass is 19.1. The normalized spacial score (nSPS) is 10.6. The van der Waals surface area contributed by atoms with Crippen LogP contribution in [-0.4, -0.2) is 23.9 Å². The van der Waals surface area contributed by atoms with Crippen LogP contribution in [-0.2, 0) is 0 Å². The van der Waals surface area contributed by atoms with Gasteiger partial charge in [-0.3, -0.25) is 10.1 Å². The summed E-state index contributed by atoms with van der Waals surface area (Å²) in [6.07, 6.45) is 3.41. The number of halogens is 1. The van der Waals surface area contributed by atoms with E-state index >= 15 is 0 Å². The van der Waals surface area contributed by atoms with E-state index in [9.17, 15) is 14.5 Å². The molecule has 0 bridgehead atoms. The summed E-state index contributed by atoms with van der Waals surface area (Å²) in [5, 5.41) is 10.3. The maximum atomic E-state index is 13.1. The Labute approximate surface area is 86.8 Å². The zero-order chi connectivity index (χ0) is 11.4. The second-order valence-corrected chi connectivity index (χ2v) is 3.25. The number of nitro benzene ring substituents is 1. The first-order valence-electron chi connectivity index (χ1n) is 4.29. The van der Waals surface area contributed by atoms with E-state index in [2.05, 4.69) is 0 Å². The van der Waals surface area contributed by atoms with Gasteiger partial charge in [-0.2, -0.15) is 4.39 Å². The van der Waals surface area contributed by atoms with Crippen LogP contribution in [0.4, 0.5) is 10.1 Å². The Morgan fingerprint density at radius 1 is 1.47 bits per heavy atom. The average molecular weight is 210 g/mol. The van der Waals surface area contributed by atoms with Crippen molar-refractivity contribution in [1.29, 1.82) is 0 Å². The van der Waals surface area contributed by atoms with Gasteiger partial charge in [0.1, 0.15) is 0 Å². The molecule has 0 unspecified atom stereocenters. The number of rotatable bonds is 3. The van der Waals surface area contributed by atoms with Gasteiger partial charge in [-0.05, 0) is 30.0 Å². The number of nitro groups is 1. The van der Waals surface area contributed by atoms with E-state index in [0.29, 0.717) is 5.56 Å². The Morgan fingerprint density at radius 3 is 2.60 bits per heavy atom. The predicted molar refractivity (Wildman–Crippen MR) is 55.8 cm³/mol. The molecular formula is C10H11FN2O2. The fourth-order valence-electron chi connectivity index (χ4n) is 1.01. The lowest BCUT2D eigenvalue weighted by Crippen LogP contribution is -1.99. The number of nitrogens with zero attached hydrogens (tertiary/aromatic N) is 2. The van der Waals surface area contributed by atoms with Gasteiger partial charge >= 0.3 is 5.69 Å². The predicted octanol–water partition coefficient (Wildman–Crippen LogP) is 2.27. The van der Waals surface area contributed by atoms with Crippen LogP contribution >= 0.6 is 0 Å². The molecule has 0 atom stereocenters. The van der Waals surface area contributed by atoms with Crippen molar-refractivity contribution in [2.45, 2.75) is 0 Å². The molecular weight excluding hydrogens is 199 g/mol. The highest BCUT2D eigenvalue weighted by Crippen LogP contribution is 2.18. The van der Waals surface area contributed by atoms with Crippen LogP contribution in [0.3, 0.4) is 0 Å². The van der Waals surface area contributed by atoms with Crippen molar-refractivity contribution in [2.75, 3.05) is 14.1 Å². The standard InChI is InChI=1S/C10H11FN2O2/c1-12(2)6-5-8-3-4-10(13(14)15)9(11)7-8/h3-7H,1-2H3/b6-5+. The van der Waals surface area contributed by atoms with Crippen molar-refractivity contribution in [2.24, 2.45) is 0 Å². The fourth-order valence-corrected chi connectivity index (χ4v) is 1.01. The summed E-state index contributed by atoms with van der Waals surface area (Å²) >= 11 is 0. The first-order valence-corrected chi connectivity index (χ1v) is 4.29. The summed E-state index contributed by atoms with van der Waals surface area (Å²) in [4.78, 5) is 11.4. The number of hydrogen-bond donors (Lipinski definition) is 0. The van der Waals surface area contributed by atoms with Gasteiger partial charge in [0.25, 0.3) is 0 Å². The fraction of sp³-hybridized carbons (Fsp3) is 0.200. The van der Waals surface area contributed by atoms with Gasteiger partial charge in [0.2, 0.25) is 5.82 Å². The quantitative estimate of drug-likeness (QED) is 0.568. The summed E-state index contributed by atoms with van der Waals surface area (Å²) in [5.41, 5.74) is 0.0869. The van der Waals surface area contributed by atoms with Gasteiger partial charge in [-0.15, -0.1) is 0 Å². The lowest BCUT2D eigenvalue weighted by Gasteiger charge is -2.03. The molecule has 0 aromatic heterocycles. The molecule has 0 aliphatic rings. The molecule has 0 amide bonds. The summed E-state index contributed by atoms with van der Waals surface area (Å²) < 4.78 is 13.1. The molecule has 1 rings (SSSR count). The molecule has 1 aromatic rings. The van der Waals surface area contributed by atoms with Crippen molar-refractivity contribution in [3.8, 4) is 0 Å².